The first-order valence-electron chi connectivity index (χ1n) is 4.81. The van der Waals surface area contributed by atoms with E-state index < -0.39 is 15.6 Å². The van der Waals surface area contributed by atoms with Gasteiger partial charge in [-0.05, 0) is 5.56 Å². The third kappa shape index (κ3) is 8.87. The standard InChI is InChI=1S/C9H13OS.CHF3O3S/c1-11(2)10-8-9-6-4-3-5-7-9;2-1(3,4)8(5,6)7/h3-7H,8H2,1-2H3;(H,5,6,7)/q+1;/p-1. The zero-order valence-electron chi connectivity index (χ0n) is 10.2. The van der Waals surface area contributed by atoms with Crippen LogP contribution in [0.15, 0.2) is 30.3 Å². The lowest BCUT2D eigenvalue weighted by Crippen LogP contribution is -2.21. The molecule has 0 spiro atoms. The highest BCUT2D eigenvalue weighted by atomic mass is 32.2. The third-order valence-electron chi connectivity index (χ3n) is 1.59. The van der Waals surface area contributed by atoms with Crippen molar-refractivity contribution in [2.45, 2.75) is 12.1 Å². The second-order valence-electron chi connectivity index (χ2n) is 3.39. The molecule has 0 aliphatic carbocycles. The summed E-state index contributed by atoms with van der Waals surface area (Å²) in [4.78, 5) is 0. The molecule has 0 heterocycles. The molecule has 1 aromatic carbocycles. The first-order chi connectivity index (χ1) is 8.54. The molecule has 0 unspecified atom stereocenters. The molecule has 9 heteroatoms. The van der Waals surface area contributed by atoms with Crippen molar-refractivity contribution >= 4 is 21.3 Å². The van der Waals surface area contributed by atoms with Crippen molar-refractivity contribution in [3.05, 3.63) is 35.9 Å². The van der Waals surface area contributed by atoms with Gasteiger partial charge in [-0.15, -0.1) is 0 Å². The Morgan fingerprint density at radius 2 is 1.63 bits per heavy atom. The van der Waals surface area contributed by atoms with Gasteiger partial charge in [-0.1, -0.05) is 30.3 Å². The van der Waals surface area contributed by atoms with E-state index >= 15 is 0 Å². The van der Waals surface area contributed by atoms with Gasteiger partial charge in [0.25, 0.3) is 0 Å². The van der Waals surface area contributed by atoms with Crippen LogP contribution < -0.4 is 0 Å². The van der Waals surface area contributed by atoms with E-state index in [1.807, 2.05) is 18.2 Å². The number of halogens is 3. The SMILES string of the molecule is C[S+](C)OCc1ccccc1.O=S(=O)([O-])C(F)(F)F. The molecule has 0 aliphatic rings. The number of alkyl halides is 3. The minimum Gasteiger partial charge on any atom is -0.741 e. The monoisotopic (exact) mass is 318 g/mol. The highest BCUT2D eigenvalue weighted by molar-refractivity contribution is 7.90. The smallest absolute Gasteiger partial charge is 0.485 e. The highest BCUT2D eigenvalue weighted by Gasteiger charge is 2.36. The van der Waals surface area contributed by atoms with Crippen molar-refractivity contribution in [1.29, 1.82) is 0 Å². The fourth-order valence-electron chi connectivity index (χ4n) is 0.760. The molecule has 0 fully saturated rings. The van der Waals surface area contributed by atoms with Crippen LogP contribution in [0.2, 0.25) is 0 Å². The van der Waals surface area contributed by atoms with Crippen LogP contribution in [0.3, 0.4) is 0 Å². The molecule has 0 amide bonds. The van der Waals surface area contributed by atoms with E-state index in [0.717, 1.165) is 6.61 Å². The highest BCUT2D eigenvalue weighted by Crippen LogP contribution is 2.20. The summed E-state index contributed by atoms with van der Waals surface area (Å²) in [6, 6.07) is 10.2. The zero-order chi connectivity index (χ0) is 15.1. The Bertz CT molecular complexity index is 457. The lowest BCUT2D eigenvalue weighted by molar-refractivity contribution is -0.0517. The van der Waals surface area contributed by atoms with Gasteiger partial charge >= 0.3 is 5.51 Å². The lowest BCUT2D eigenvalue weighted by Gasteiger charge is -2.08. The van der Waals surface area contributed by atoms with Crippen LogP contribution in [-0.2, 0) is 32.1 Å². The molecule has 0 radical (unpaired) electrons. The summed E-state index contributed by atoms with van der Waals surface area (Å²) in [5.74, 6) is 0. The normalized spacial score (nSPS) is 11.9. The van der Waals surface area contributed by atoms with Gasteiger partial charge in [-0.25, -0.2) is 8.42 Å². The van der Waals surface area contributed by atoms with E-state index in [1.54, 1.807) is 0 Å². The van der Waals surface area contributed by atoms with E-state index in [9.17, 15) is 13.2 Å². The minimum atomic E-state index is -6.09. The summed E-state index contributed by atoms with van der Waals surface area (Å²) in [6.07, 6.45) is 4.14. The van der Waals surface area contributed by atoms with E-state index in [-0.39, 0.29) is 11.2 Å². The summed E-state index contributed by atoms with van der Waals surface area (Å²) in [5.41, 5.74) is -4.40. The van der Waals surface area contributed by atoms with Gasteiger partial charge in [0.1, 0.15) is 30.3 Å². The van der Waals surface area contributed by atoms with Crippen molar-refractivity contribution in [3.63, 3.8) is 0 Å². The number of hydrogen-bond donors (Lipinski definition) is 0. The molecule has 0 atom stereocenters. The summed E-state index contributed by atoms with van der Waals surface area (Å²) in [6.45, 7) is 0.733. The first kappa shape index (κ1) is 18.2. The molecule has 0 bridgehead atoms. The summed E-state index contributed by atoms with van der Waals surface area (Å²) < 4.78 is 64.4. The molecule has 0 saturated heterocycles. The van der Waals surface area contributed by atoms with Crippen LogP contribution in [0.5, 0.6) is 0 Å². The zero-order valence-corrected chi connectivity index (χ0v) is 11.8. The molecule has 110 valence electrons. The Hall–Kier alpha value is -0.770. The Balaban J connectivity index is 0.000000362. The quantitative estimate of drug-likeness (QED) is 0.486. The first-order valence-corrected chi connectivity index (χ1v) is 8.18. The van der Waals surface area contributed by atoms with Crippen molar-refractivity contribution in [3.8, 4) is 0 Å². The second kappa shape index (κ2) is 7.73. The Labute approximate surface area is 112 Å². The second-order valence-corrected chi connectivity index (χ2v) is 6.48. The maximum Gasteiger partial charge on any atom is 0.485 e. The lowest BCUT2D eigenvalue weighted by atomic mass is 10.2. The average Bonchev–Trinajstić information content (AvgIpc) is 2.26. The number of hydrogen-bond acceptors (Lipinski definition) is 4. The van der Waals surface area contributed by atoms with E-state index in [0.29, 0.717) is 0 Å². The van der Waals surface area contributed by atoms with Gasteiger partial charge in [-0.2, -0.15) is 17.4 Å². The maximum absolute atomic E-state index is 10.7. The van der Waals surface area contributed by atoms with Gasteiger partial charge in [0.2, 0.25) is 0 Å². The number of benzene rings is 1. The molecular formula is C10H13F3O4S2. The average molecular weight is 318 g/mol. The molecule has 19 heavy (non-hydrogen) atoms. The fourth-order valence-corrected chi connectivity index (χ4v) is 1.13. The summed E-state index contributed by atoms with van der Waals surface area (Å²) in [7, 11) is -6.09. The van der Waals surface area contributed by atoms with E-state index in [1.165, 1.54) is 5.56 Å². The molecule has 0 aromatic heterocycles. The van der Waals surface area contributed by atoms with Crippen LogP contribution in [0.1, 0.15) is 5.56 Å². The van der Waals surface area contributed by atoms with Gasteiger partial charge in [0.05, 0.1) is 0 Å². The van der Waals surface area contributed by atoms with E-state index in [2.05, 4.69) is 24.6 Å². The molecule has 1 aromatic rings. The molecule has 0 saturated carbocycles. The van der Waals surface area contributed by atoms with Crippen LogP contribution in [0, 0.1) is 0 Å². The molecule has 0 aliphatic heterocycles. The van der Waals surface area contributed by atoms with Gasteiger partial charge in [0.15, 0.2) is 10.1 Å². The van der Waals surface area contributed by atoms with Gasteiger partial charge < -0.3 is 4.55 Å². The van der Waals surface area contributed by atoms with Gasteiger partial charge in [-0.3, -0.25) is 0 Å². The molecule has 1 rings (SSSR count). The van der Waals surface area contributed by atoms with Crippen molar-refractivity contribution in [1.82, 2.24) is 0 Å². The van der Waals surface area contributed by atoms with Crippen LogP contribution in [0.4, 0.5) is 13.2 Å². The summed E-state index contributed by atoms with van der Waals surface area (Å²) >= 11 is 0.0839. The fraction of sp³-hybridized carbons (Fsp3) is 0.400. The molecule has 0 N–H and O–H groups in total. The Morgan fingerprint density at radius 3 is 1.95 bits per heavy atom. The third-order valence-corrected chi connectivity index (χ3v) is 2.74. The summed E-state index contributed by atoms with van der Waals surface area (Å²) in [5, 5.41) is 0. The van der Waals surface area contributed by atoms with Crippen LogP contribution in [-0.4, -0.2) is 31.0 Å². The minimum absolute atomic E-state index is 0.0839. The van der Waals surface area contributed by atoms with Crippen molar-refractivity contribution in [2.24, 2.45) is 0 Å². The van der Waals surface area contributed by atoms with Gasteiger partial charge in [0, 0.05) is 0 Å². The molecule has 4 nitrogen and oxygen atoms in total. The van der Waals surface area contributed by atoms with Crippen LogP contribution in [0.25, 0.3) is 0 Å². The Morgan fingerprint density at radius 1 is 1.21 bits per heavy atom. The molecular weight excluding hydrogens is 305 g/mol. The van der Waals surface area contributed by atoms with Crippen molar-refractivity contribution in [2.75, 3.05) is 12.5 Å². The Kier molecular flexibility index (Phi) is 7.42. The van der Waals surface area contributed by atoms with Crippen LogP contribution >= 0.6 is 0 Å². The largest absolute Gasteiger partial charge is 0.741 e. The predicted molar refractivity (Wildman–Crippen MR) is 66.2 cm³/mol. The topological polar surface area (TPSA) is 66.4 Å². The predicted octanol–water partition coefficient (Wildman–Crippen LogP) is 2.05. The number of rotatable bonds is 3. The van der Waals surface area contributed by atoms with Crippen molar-refractivity contribution < 1.29 is 30.3 Å². The maximum atomic E-state index is 10.7. The van der Waals surface area contributed by atoms with E-state index in [4.69, 9.17) is 17.2 Å².